The van der Waals surface area contributed by atoms with Crippen LogP contribution in [0.1, 0.15) is 113 Å². The van der Waals surface area contributed by atoms with Crippen molar-refractivity contribution in [1.29, 1.82) is 0 Å². The van der Waals surface area contributed by atoms with Gasteiger partial charge in [-0.1, -0.05) is 35.3 Å². The zero-order valence-corrected chi connectivity index (χ0v) is 28.9. The molecule has 0 radical (unpaired) electrons. The molecular weight excluding hydrogens is 625 g/mol. The summed E-state index contributed by atoms with van der Waals surface area (Å²) >= 11 is 12.4. The van der Waals surface area contributed by atoms with Crippen LogP contribution in [0.4, 0.5) is 8.78 Å². The van der Waals surface area contributed by atoms with Gasteiger partial charge in [0.2, 0.25) is 0 Å². The smallest absolute Gasteiger partial charge is 0.128 e. The highest BCUT2D eigenvalue weighted by Gasteiger charge is 2.27. The molecule has 0 amide bonds. The minimum atomic E-state index is -0.137. The quantitative estimate of drug-likeness (QED) is 0.263. The zero-order valence-electron chi connectivity index (χ0n) is 27.4. The van der Waals surface area contributed by atoms with Gasteiger partial charge in [-0.15, -0.1) is 0 Å². The van der Waals surface area contributed by atoms with Crippen LogP contribution in [0.25, 0.3) is 0 Å². The number of hydrogen-bond acceptors (Lipinski definition) is 4. The molecule has 4 aliphatic rings. The second-order valence-electron chi connectivity index (χ2n) is 14.0. The van der Waals surface area contributed by atoms with Crippen LogP contribution in [0.2, 0.25) is 10.0 Å². The molecule has 2 N–H and O–H groups in total. The topological polar surface area (TPSA) is 42.5 Å². The summed E-state index contributed by atoms with van der Waals surface area (Å²) in [6, 6.07) is 11.3. The van der Waals surface area contributed by atoms with Gasteiger partial charge in [-0.2, -0.15) is 0 Å². The Morgan fingerprint density at radius 1 is 0.543 bits per heavy atom. The number of hydrogen-bond donors (Lipinski definition) is 2. The summed E-state index contributed by atoms with van der Waals surface area (Å²) in [6.07, 6.45) is 16.0. The Hall–Kier alpha value is -1.28. The van der Waals surface area contributed by atoms with Crippen molar-refractivity contribution in [3.05, 3.63) is 69.2 Å². The number of halogens is 4. The van der Waals surface area contributed by atoms with Crippen molar-refractivity contribution in [2.45, 2.75) is 114 Å². The maximum absolute atomic E-state index is 14.0. The first-order valence-electron chi connectivity index (χ1n) is 18.0. The fraction of sp³-hybridized carbons (Fsp3) is 0.684. The Balaban J connectivity index is 0.000000181. The Morgan fingerprint density at radius 3 is 1.26 bits per heavy atom. The highest BCUT2D eigenvalue weighted by atomic mass is 35.5. The first kappa shape index (κ1) is 36.0. The first-order valence-corrected chi connectivity index (χ1v) is 18.7. The van der Waals surface area contributed by atoms with E-state index in [-0.39, 0.29) is 11.6 Å². The third-order valence-electron chi connectivity index (χ3n) is 10.9. The van der Waals surface area contributed by atoms with Crippen molar-refractivity contribution >= 4 is 23.2 Å². The fourth-order valence-electron chi connectivity index (χ4n) is 8.07. The number of benzene rings is 2. The molecule has 0 spiro atoms. The van der Waals surface area contributed by atoms with Gasteiger partial charge in [-0.25, -0.2) is 8.78 Å². The van der Waals surface area contributed by atoms with Crippen molar-refractivity contribution < 1.29 is 18.3 Å². The van der Waals surface area contributed by atoms with Gasteiger partial charge >= 0.3 is 0 Å². The van der Waals surface area contributed by atoms with Gasteiger partial charge in [0.1, 0.15) is 11.6 Å². The molecule has 2 aromatic rings. The van der Waals surface area contributed by atoms with E-state index in [1.54, 1.807) is 12.1 Å². The van der Waals surface area contributed by atoms with Gasteiger partial charge < -0.3 is 20.1 Å². The molecule has 2 aromatic carbocycles. The largest absolute Gasteiger partial charge is 0.381 e. The van der Waals surface area contributed by atoms with E-state index in [1.165, 1.54) is 50.7 Å². The van der Waals surface area contributed by atoms with Gasteiger partial charge in [0.05, 0.1) is 0 Å². The molecule has 4 fully saturated rings. The molecule has 256 valence electrons. The lowest BCUT2D eigenvalue weighted by atomic mass is 9.77. The predicted molar refractivity (Wildman–Crippen MR) is 185 cm³/mol. The zero-order chi connectivity index (χ0) is 32.1. The monoisotopic (exact) mass is 678 g/mol. The van der Waals surface area contributed by atoms with E-state index in [1.807, 2.05) is 12.1 Å². The number of ether oxygens (including phenoxy) is 2. The van der Waals surface area contributed by atoms with Crippen molar-refractivity contribution in [3.63, 3.8) is 0 Å². The Morgan fingerprint density at radius 2 is 0.913 bits per heavy atom. The lowest BCUT2D eigenvalue weighted by Gasteiger charge is -2.30. The van der Waals surface area contributed by atoms with Gasteiger partial charge in [0.15, 0.2) is 0 Å². The molecule has 2 saturated heterocycles. The SMILES string of the molecule is Fc1cccc(Cl)c1C1CCC(CCNC2CCOCC2)CC1.Fc1cccc(Cl)c1C1CCC(CCNC2CCOCC2)CC1. The van der Waals surface area contributed by atoms with Crippen LogP contribution in [0, 0.1) is 23.5 Å². The lowest BCUT2D eigenvalue weighted by Crippen LogP contribution is -2.36. The molecule has 0 unspecified atom stereocenters. The minimum Gasteiger partial charge on any atom is -0.381 e. The molecule has 0 bridgehead atoms. The molecule has 4 nitrogen and oxygen atoms in total. The van der Waals surface area contributed by atoms with E-state index < -0.39 is 0 Å². The van der Waals surface area contributed by atoms with Crippen molar-refractivity contribution in [3.8, 4) is 0 Å². The van der Waals surface area contributed by atoms with Crippen LogP contribution in [0.5, 0.6) is 0 Å². The van der Waals surface area contributed by atoms with Crippen LogP contribution in [-0.4, -0.2) is 51.6 Å². The molecule has 2 saturated carbocycles. The maximum atomic E-state index is 14.0. The average Bonchev–Trinajstić information content (AvgIpc) is 3.07. The number of rotatable bonds is 10. The van der Waals surface area contributed by atoms with E-state index >= 15 is 0 Å². The van der Waals surface area contributed by atoms with E-state index in [0.717, 1.165) is 114 Å². The Bertz CT molecular complexity index is 1040. The molecule has 2 aliphatic heterocycles. The Labute approximate surface area is 285 Å². The van der Waals surface area contributed by atoms with Crippen LogP contribution in [0.15, 0.2) is 36.4 Å². The van der Waals surface area contributed by atoms with E-state index in [9.17, 15) is 8.78 Å². The molecular formula is C38H54Cl2F2N2O2. The summed E-state index contributed by atoms with van der Waals surface area (Å²) in [7, 11) is 0. The molecule has 46 heavy (non-hydrogen) atoms. The molecule has 2 aliphatic carbocycles. The molecule has 0 atom stereocenters. The Kier molecular flexibility index (Phi) is 14.9. The molecule has 8 heteroatoms. The van der Waals surface area contributed by atoms with Crippen molar-refractivity contribution in [2.24, 2.45) is 11.8 Å². The summed E-state index contributed by atoms with van der Waals surface area (Å²) in [5.41, 5.74) is 1.49. The summed E-state index contributed by atoms with van der Waals surface area (Å²) in [5.74, 6) is 1.85. The van der Waals surface area contributed by atoms with Crippen LogP contribution >= 0.6 is 23.2 Å². The van der Waals surface area contributed by atoms with Gasteiger partial charge in [-0.3, -0.25) is 0 Å². The third-order valence-corrected chi connectivity index (χ3v) is 11.6. The number of nitrogens with one attached hydrogen (secondary N) is 2. The second-order valence-corrected chi connectivity index (χ2v) is 14.8. The standard InChI is InChI=1S/2C19H27ClFNO/c2*20-17-2-1-3-18(21)19(17)15-6-4-14(5-7-15)8-11-22-16-9-12-23-13-10-16/h2*1-3,14-16,22H,4-13H2. The van der Waals surface area contributed by atoms with E-state index in [0.29, 0.717) is 34.0 Å². The minimum absolute atomic E-state index is 0.137. The van der Waals surface area contributed by atoms with Crippen LogP contribution in [0.3, 0.4) is 0 Å². The van der Waals surface area contributed by atoms with Crippen molar-refractivity contribution in [2.75, 3.05) is 39.5 Å². The van der Waals surface area contributed by atoms with Crippen LogP contribution < -0.4 is 10.6 Å². The second kappa shape index (κ2) is 19.0. The van der Waals surface area contributed by atoms with E-state index in [2.05, 4.69) is 10.6 Å². The fourth-order valence-corrected chi connectivity index (χ4v) is 8.70. The molecule has 2 heterocycles. The van der Waals surface area contributed by atoms with Gasteiger partial charge in [0, 0.05) is 59.7 Å². The molecule has 0 aromatic heterocycles. The summed E-state index contributed by atoms with van der Waals surface area (Å²) in [4.78, 5) is 0. The highest BCUT2D eigenvalue weighted by molar-refractivity contribution is 6.31. The van der Waals surface area contributed by atoms with E-state index in [4.69, 9.17) is 32.7 Å². The third kappa shape index (κ3) is 10.9. The normalized spacial score (nSPS) is 26.3. The highest BCUT2D eigenvalue weighted by Crippen LogP contribution is 2.41. The predicted octanol–water partition coefficient (Wildman–Crippen LogP) is 9.82. The first-order chi connectivity index (χ1) is 22.5. The van der Waals surface area contributed by atoms with Gasteiger partial charge in [-0.05, 0) is 151 Å². The lowest BCUT2D eigenvalue weighted by molar-refractivity contribution is 0.0773. The molecule has 6 rings (SSSR count). The van der Waals surface area contributed by atoms with Gasteiger partial charge in [0.25, 0.3) is 0 Å². The van der Waals surface area contributed by atoms with Crippen molar-refractivity contribution in [1.82, 2.24) is 10.6 Å². The average molecular weight is 680 g/mol. The summed E-state index contributed by atoms with van der Waals surface area (Å²) < 4.78 is 38.8. The maximum Gasteiger partial charge on any atom is 0.128 e. The summed E-state index contributed by atoms with van der Waals surface area (Å²) in [5, 5.41) is 8.52. The summed E-state index contributed by atoms with van der Waals surface area (Å²) in [6.45, 7) is 5.78. The van der Waals surface area contributed by atoms with Crippen LogP contribution in [-0.2, 0) is 9.47 Å².